The van der Waals surface area contributed by atoms with Crippen molar-refractivity contribution >= 4 is 11.6 Å². The van der Waals surface area contributed by atoms with Gasteiger partial charge in [-0.3, -0.25) is 4.79 Å². The number of hydrogen-bond donors (Lipinski definition) is 2. The fourth-order valence-electron chi connectivity index (χ4n) is 2.06. The van der Waals surface area contributed by atoms with Gasteiger partial charge in [-0.2, -0.15) is 0 Å². The van der Waals surface area contributed by atoms with Gasteiger partial charge in [0, 0.05) is 11.8 Å². The number of rotatable bonds is 6. The van der Waals surface area contributed by atoms with Crippen molar-refractivity contribution < 1.29 is 13.9 Å². The number of nitrogens with one attached hydrogen (secondary N) is 1. The first-order chi connectivity index (χ1) is 10.6. The lowest BCUT2D eigenvalue weighted by atomic mass is 9.99. The Labute approximate surface area is 129 Å². The molecule has 2 unspecified atom stereocenters. The molecule has 2 atom stereocenters. The van der Waals surface area contributed by atoms with Crippen LogP contribution in [0, 0.1) is 5.92 Å². The van der Waals surface area contributed by atoms with E-state index in [0.717, 1.165) is 12.0 Å². The average Bonchev–Trinajstić information content (AvgIpc) is 3.07. The topological polar surface area (TPSA) is 90.4 Å². The van der Waals surface area contributed by atoms with Crippen molar-refractivity contribution in [3.8, 4) is 17.1 Å². The molecule has 0 radical (unpaired) electrons. The predicted molar refractivity (Wildman–Crippen MR) is 84.6 cm³/mol. The highest BCUT2D eigenvalue weighted by atomic mass is 16.5. The number of nitrogens with zero attached hydrogens (tertiary/aromatic N) is 1. The number of amides is 1. The molecule has 0 aliphatic rings. The number of anilines is 1. The van der Waals surface area contributed by atoms with Gasteiger partial charge >= 0.3 is 0 Å². The second kappa shape index (κ2) is 7.09. The Morgan fingerprint density at radius 1 is 1.50 bits per heavy atom. The highest BCUT2D eigenvalue weighted by molar-refractivity contribution is 5.95. The van der Waals surface area contributed by atoms with Crippen molar-refractivity contribution in [1.82, 2.24) is 4.98 Å². The number of hydrogen-bond acceptors (Lipinski definition) is 5. The Hall–Kier alpha value is -2.34. The number of carbonyl (C=O) groups excluding carboxylic acids is 1. The molecule has 6 nitrogen and oxygen atoms in total. The Kier molecular flexibility index (Phi) is 5.16. The second-order valence-corrected chi connectivity index (χ2v) is 5.18. The van der Waals surface area contributed by atoms with Crippen LogP contribution in [-0.4, -0.2) is 24.0 Å². The van der Waals surface area contributed by atoms with E-state index in [1.165, 1.54) is 6.39 Å². The zero-order chi connectivity index (χ0) is 16.1. The van der Waals surface area contributed by atoms with Crippen LogP contribution in [0.3, 0.4) is 0 Å². The maximum Gasteiger partial charge on any atom is 0.241 e. The SMILES string of the molecule is CCC(C)C(N)C(=O)Nc1ccc(-c2cnco2)c(OC)c1. The van der Waals surface area contributed by atoms with Gasteiger partial charge in [-0.25, -0.2) is 4.98 Å². The monoisotopic (exact) mass is 303 g/mol. The number of ether oxygens (including phenoxy) is 1. The smallest absolute Gasteiger partial charge is 0.241 e. The highest BCUT2D eigenvalue weighted by Gasteiger charge is 2.20. The molecule has 118 valence electrons. The fourth-order valence-corrected chi connectivity index (χ4v) is 2.06. The van der Waals surface area contributed by atoms with Gasteiger partial charge in [-0.1, -0.05) is 20.3 Å². The largest absolute Gasteiger partial charge is 0.496 e. The second-order valence-electron chi connectivity index (χ2n) is 5.18. The Balaban J connectivity index is 2.18. The summed E-state index contributed by atoms with van der Waals surface area (Å²) in [5.74, 6) is 1.11. The molecule has 1 amide bonds. The summed E-state index contributed by atoms with van der Waals surface area (Å²) < 4.78 is 10.6. The van der Waals surface area contributed by atoms with E-state index < -0.39 is 6.04 Å². The van der Waals surface area contributed by atoms with E-state index in [1.807, 2.05) is 19.9 Å². The summed E-state index contributed by atoms with van der Waals surface area (Å²) in [7, 11) is 1.56. The lowest BCUT2D eigenvalue weighted by molar-refractivity contribution is -0.118. The van der Waals surface area contributed by atoms with Gasteiger partial charge in [-0.15, -0.1) is 0 Å². The fraction of sp³-hybridized carbons (Fsp3) is 0.375. The first-order valence-electron chi connectivity index (χ1n) is 7.20. The summed E-state index contributed by atoms with van der Waals surface area (Å²) in [6, 6.07) is 4.79. The minimum atomic E-state index is -0.537. The lowest BCUT2D eigenvalue weighted by Gasteiger charge is -2.18. The molecule has 2 aromatic rings. The first-order valence-corrected chi connectivity index (χ1v) is 7.20. The predicted octanol–water partition coefficient (Wildman–Crippen LogP) is 2.66. The summed E-state index contributed by atoms with van der Waals surface area (Å²) >= 11 is 0. The van der Waals surface area contributed by atoms with Gasteiger partial charge < -0.3 is 20.2 Å². The Morgan fingerprint density at radius 3 is 2.86 bits per heavy atom. The van der Waals surface area contributed by atoms with Crippen molar-refractivity contribution in [2.24, 2.45) is 11.7 Å². The molecular formula is C16H21N3O3. The number of benzene rings is 1. The van der Waals surface area contributed by atoms with Crippen LogP contribution in [0.4, 0.5) is 5.69 Å². The van der Waals surface area contributed by atoms with Gasteiger partial charge in [-0.05, 0) is 18.1 Å². The molecule has 1 aromatic heterocycles. The van der Waals surface area contributed by atoms with Crippen LogP contribution in [0.1, 0.15) is 20.3 Å². The maximum atomic E-state index is 12.1. The minimum absolute atomic E-state index is 0.121. The number of nitrogens with two attached hydrogens (primary N) is 1. The highest BCUT2D eigenvalue weighted by Crippen LogP contribution is 2.32. The molecule has 0 saturated carbocycles. The number of aromatic nitrogens is 1. The van der Waals surface area contributed by atoms with Gasteiger partial charge in [0.2, 0.25) is 5.91 Å². The molecule has 0 aliphatic heterocycles. The summed E-state index contributed by atoms with van der Waals surface area (Å²) in [5, 5.41) is 2.81. The van der Waals surface area contributed by atoms with Crippen molar-refractivity contribution in [1.29, 1.82) is 0 Å². The molecule has 1 heterocycles. The lowest BCUT2D eigenvalue weighted by Crippen LogP contribution is -2.40. The van der Waals surface area contributed by atoms with E-state index in [-0.39, 0.29) is 11.8 Å². The number of oxazole rings is 1. The zero-order valence-electron chi connectivity index (χ0n) is 13.0. The summed E-state index contributed by atoms with van der Waals surface area (Å²) in [5.41, 5.74) is 7.33. The van der Waals surface area contributed by atoms with Crippen molar-refractivity contribution in [3.05, 3.63) is 30.8 Å². The molecule has 0 spiro atoms. The average molecular weight is 303 g/mol. The van der Waals surface area contributed by atoms with Crippen LogP contribution < -0.4 is 15.8 Å². The maximum absolute atomic E-state index is 12.1. The van der Waals surface area contributed by atoms with Crippen LogP contribution in [0.25, 0.3) is 11.3 Å². The van der Waals surface area contributed by atoms with Gasteiger partial charge in [0.15, 0.2) is 12.2 Å². The summed E-state index contributed by atoms with van der Waals surface area (Å²) in [6.07, 6.45) is 3.81. The quantitative estimate of drug-likeness (QED) is 0.856. The third kappa shape index (κ3) is 3.46. The van der Waals surface area contributed by atoms with Crippen LogP contribution in [-0.2, 0) is 4.79 Å². The Bertz CT molecular complexity index is 626. The Morgan fingerprint density at radius 2 is 2.27 bits per heavy atom. The molecule has 0 saturated heterocycles. The van der Waals surface area contributed by atoms with E-state index in [9.17, 15) is 4.79 Å². The van der Waals surface area contributed by atoms with Crippen LogP contribution >= 0.6 is 0 Å². The molecule has 0 fully saturated rings. The molecular weight excluding hydrogens is 282 g/mol. The van der Waals surface area contributed by atoms with Crippen molar-refractivity contribution in [2.75, 3.05) is 12.4 Å². The van der Waals surface area contributed by atoms with E-state index >= 15 is 0 Å². The molecule has 0 bridgehead atoms. The third-order valence-electron chi connectivity index (χ3n) is 3.73. The first kappa shape index (κ1) is 16.0. The molecule has 2 rings (SSSR count). The zero-order valence-corrected chi connectivity index (χ0v) is 13.0. The summed E-state index contributed by atoms with van der Waals surface area (Å²) in [6.45, 7) is 3.96. The standard InChI is InChI=1S/C16H21N3O3/c1-4-10(2)15(17)16(20)19-11-5-6-12(13(7-11)21-3)14-8-18-9-22-14/h5-10,15H,4,17H2,1-3H3,(H,19,20). The number of carbonyl (C=O) groups is 1. The normalized spacial score (nSPS) is 13.5. The minimum Gasteiger partial charge on any atom is -0.496 e. The van der Waals surface area contributed by atoms with Crippen molar-refractivity contribution in [2.45, 2.75) is 26.3 Å². The molecule has 22 heavy (non-hydrogen) atoms. The van der Waals surface area contributed by atoms with E-state index in [1.54, 1.807) is 25.4 Å². The third-order valence-corrected chi connectivity index (χ3v) is 3.73. The van der Waals surface area contributed by atoms with Gasteiger partial charge in [0.05, 0.1) is 24.9 Å². The van der Waals surface area contributed by atoms with Crippen LogP contribution in [0.15, 0.2) is 35.2 Å². The van der Waals surface area contributed by atoms with Crippen LogP contribution in [0.2, 0.25) is 0 Å². The van der Waals surface area contributed by atoms with Crippen LogP contribution in [0.5, 0.6) is 5.75 Å². The summed E-state index contributed by atoms with van der Waals surface area (Å²) in [4.78, 5) is 16.0. The number of methoxy groups -OCH3 is 1. The molecule has 3 N–H and O–H groups in total. The molecule has 1 aromatic carbocycles. The van der Waals surface area contributed by atoms with E-state index in [0.29, 0.717) is 17.2 Å². The van der Waals surface area contributed by atoms with E-state index in [2.05, 4.69) is 10.3 Å². The van der Waals surface area contributed by atoms with Gasteiger partial charge in [0.25, 0.3) is 0 Å². The molecule has 6 heteroatoms. The molecule has 0 aliphatic carbocycles. The van der Waals surface area contributed by atoms with Gasteiger partial charge in [0.1, 0.15) is 5.75 Å². The van der Waals surface area contributed by atoms with Crippen molar-refractivity contribution in [3.63, 3.8) is 0 Å². The van der Waals surface area contributed by atoms with E-state index in [4.69, 9.17) is 14.9 Å².